The number of carbonyl (C=O) groups is 1. The van der Waals surface area contributed by atoms with E-state index in [1.54, 1.807) is 6.08 Å². The van der Waals surface area contributed by atoms with Gasteiger partial charge in [-0.2, -0.15) is 0 Å². The first-order valence-corrected chi connectivity index (χ1v) is 6.23. The van der Waals surface area contributed by atoms with Gasteiger partial charge in [-0.05, 0) is 42.8 Å². The topological polar surface area (TPSA) is 81.1 Å². The summed E-state index contributed by atoms with van der Waals surface area (Å²) in [5, 5.41) is 2.87. The van der Waals surface area contributed by atoms with Gasteiger partial charge in [0.25, 0.3) is 0 Å². The second kappa shape index (κ2) is 5.23. The Balaban J connectivity index is 2.03. The molecule has 2 rings (SSSR count). The van der Waals surface area contributed by atoms with Crippen LogP contribution in [0.15, 0.2) is 30.5 Å². The van der Waals surface area contributed by atoms with E-state index in [4.69, 9.17) is 11.5 Å². The van der Waals surface area contributed by atoms with Gasteiger partial charge in [0.15, 0.2) is 0 Å². The lowest BCUT2D eigenvalue weighted by molar-refractivity contribution is -0.121. The van der Waals surface area contributed by atoms with E-state index in [2.05, 4.69) is 5.32 Å². The monoisotopic (exact) mass is 245 g/mol. The Bertz CT molecular complexity index is 445. The van der Waals surface area contributed by atoms with Crippen LogP contribution >= 0.6 is 0 Å². The first kappa shape index (κ1) is 12.6. The van der Waals surface area contributed by atoms with Crippen molar-refractivity contribution in [3.8, 4) is 0 Å². The summed E-state index contributed by atoms with van der Waals surface area (Å²) < 4.78 is 0. The first-order valence-electron chi connectivity index (χ1n) is 6.23. The Morgan fingerprint density at radius 2 is 1.83 bits per heavy atom. The van der Waals surface area contributed by atoms with Crippen molar-refractivity contribution in [1.82, 2.24) is 0 Å². The van der Waals surface area contributed by atoms with Crippen LogP contribution in [0.5, 0.6) is 0 Å². The van der Waals surface area contributed by atoms with Crippen molar-refractivity contribution in [3.05, 3.63) is 36.0 Å². The number of rotatable bonds is 3. The molecule has 0 spiro atoms. The van der Waals surface area contributed by atoms with Gasteiger partial charge in [0.1, 0.15) is 0 Å². The van der Waals surface area contributed by atoms with Gasteiger partial charge in [-0.3, -0.25) is 4.79 Å². The summed E-state index contributed by atoms with van der Waals surface area (Å²) >= 11 is 0. The number of hydrogen-bond donors (Lipinski definition) is 3. The fraction of sp³-hybridized carbons (Fsp3) is 0.357. The van der Waals surface area contributed by atoms with Gasteiger partial charge < -0.3 is 16.8 Å². The van der Waals surface area contributed by atoms with E-state index in [1.807, 2.05) is 24.3 Å². The number of anilines is 1. The molecule has 1 aromatic rings. The lowest BCUT2D eigenvalue weighted by atomic mass is 9.98. The maximum Gasteiger partial charge on any atom is 0.244 e. The van der Waals surface area contributed by atoms with Gasteiger partial charge in [-0.1, -0.05) is 25.0 Å². The number of hydrogen-bond acceptors (Lipinski definition) is 3. The molecule has 0 unspecified atom stereocenters. The number of amides is 1. The third-order valence-corrected chi connectivity index (χ3v) is 3.41. The molecule has 0 aromatic heterocycles. The molecule has 1 aliphatic carbocycles. The molecule has 0 radical (unpaired) electrons. The fourth-order valence-electron chi connectivity index (χ4n) is 2.28. The quantitative estimate of drug-likeness (QED) is 0.759. The third kappa shape index (κ3) is 2.71. The molecule has 0 atom stereocenters. The van der Waals surface area contributed by atoms with E-state index in [0.29, 0.717) is 0 Å². The molecule has 0 heterocycles. The predicted molar refractivity (Wildman–Crippen MR) is 73.7 cm³/mol. The van der Waals surface area contributed by atoms with E-state index in [-0.39, 0.29) is 5.91 Å². The van der Waals surface area contributed by atoms with E-state index in [9.17, 15) is 4.79 Å². The minimum Gasteiger partial charge on any atom is -0.405 e. The highest BCUT2D eigenvalue weighted by atomic mass is 16.2. The summed E-state index contributed by atoms with van der Waals surface area (Å²) in [4.78, 5) is 12.1. The third-order valence-electron chi connectivity index (χ3n) is 3.41. The maximum absolute atomic E-state index is 12.1. The molecule has 5 N–H and O–H groups in total. The summed E-state index contributed by atoms with van der Waals surface area (Å²) in [5.74, 6) is -0.0814. The minimum atomic E-state index is -0.685. The molecule has 1 aromatic carbocycles. The van der Waals surface area contributed by atoms with Gasteiger partial charge in [-0.15, -0.1) is 0 Å². The predicted octanol–water partition coefficient (Wildman–Crippen LogP) is 1.83. The number of nitrogens with one attached hydrogen (secondary N) is 1. The standard InChI is InChI=1S/C14H19N3O/c15-10-7-11-3-5-12(6-4-11)17-13(18)14(16)8-1-2-9-14/h3-7,10H,1-2,8-9,15-16H2,(H,17,18)/b10-7+. The lowest BCUT2D eigenvalue weighted by Crippen LogP contribution is -2.48. The molecule has 1 amide bonds. The molecule has 0 bridgehead atoms. The Labute approximate surface area is 107 Å². The van der Waals surface area contributed by atoms with Crippen LogP contribution in [0.2, 0.25) is 0 Å². The van der Waals surface area contributed by atoms with Crippen LogP contribution in [0.25, 0.3) is 6.08 Å². The van der Waals surface area contributed by atoms with Crippen LogP contribution < -0.4 is 16.8 Å². The first-order chi connectivity index (χ1) is 8.64. The zero-order valence-corrected chi connectivity index (χ0v) is 10.4. The smallest absolute Gasteiger partial charge is 0.244 e. The Morgan fingerprint density at radius 3 is 2.39 bits per heavy atom. The number of nitrogens with two attached hydrogens (primary N) is 2. The van der Waals surface area contributed by atoms with Crippen molar-refractivity contribution in [3.63, 3.8) is 0 Å². The fourth-order valence-corrected chi connectivity index (χ4v) is 2.28. The second-order valence-electron chi connectivity index (χ2n) is 4.80. The van der Waals surface area contributed by atoms with Crippen molar-refractivity contribution in [2.45, 2.75) is 31.2 Å². The van der Waals surface area contributed by atoms with E-state index in [0.717, 1.165) is 36.9 Å². The summed E-state index contributed by atoms with van der Waals surface area (Å²) in [7, 11) is 0. The highest BCUT2D eigenvalue weighted by Crippen LogP contribution is 2.28. The van der Waals surface area contributed by atoms with E-state index in [1.165, 1.54) is 6.20 Å². The number of benzene rings is 1. The molecule has 4 nitrogen and oxygen atoms in total. The van der Waals surface area contributed by atoms with Crippen molar-refractivity contribution in [2.75, 3.05) is 5.32 Å². The van der Waals surface area contributed by atoms with Gasteiger partial charge in [0, 0.05) is 5.69 Å². The highest BCUT2D eigenvalue weighted by molar-refractivity contribution is 5.98. The normalized spacial score (nSPS) is 18.1. The largest absolute Gasteiger partial charge is 0.405 e. The highest BCUT2D eigenvalue weighted by Gasteiger charge is 2.36. The van der Waals surface area contributed by atoms with Crippen LogP contribution in [0.1, 0.15) is 31.2 Å². The minimum absolute atomic E-state index is 0.0814. The molecular formula is C14H19N3O. The summed E-state index contributed by atoms with van der Waals surface area (Å²) in [5.41, 5.74) is 12.5. The molecule has 0 saturated heterocycles. The Morgan fingerprint density at radius 1 is 1.22 bits per heavy atom. The van der Waals surface area contributed by atoms with E-state index < -0.39 is 5.54 Å². The van der Waals surface area contributed by atoms with Crippen molar-refractivity contribution < 1.29 is 4.79 Å². The van der Waals surface area contributed by atoms with E-state index >= 15 is 0 Å². The molecular weight excluding hydrogens is 226 g/mol. The SMILES string of the molecule is N/C=C/c1ccc(NC(=O)C2(N)CCCC2)cc1. The molecule has 96 valence electrons. The Hall–Kier alpha value is -1.81. The van der Waals surface area contributed by atoms with Crippen LogP contribution in [-0.4, -0.2) is 11.4 Å². The summed E-state index contributed by atoms with van der Waals surface area (Å²) in [6.07, 6.45) is 6.89. The number of carbonyl (C=O) groups excluding carboxylic acids is 1. The lowest BCUT2D eigenvalue weighted by Gasteiger charge is -2.22. The van der Waals surface area contributed by atoms with Crippen molar-refractivity contribution in [1.29, 1.82) is 0 Å². The molecule has 1 saturated carbocycles. The molecule has 18 heavy (non-hydrogen) atoms. The van der Waals surface area contributed by atoms with Gasteiger partial charge in [-0.25, -0.2) is 0 Å². The van der Waals surface area contributed by atoms with Crippen molar-refractivity contribution in [2.24, 2.45) is 11.5 Å². The summed E-state index contributed by atoms with van der Waals surface area (Å²) in [6.45, 7) is 0. The van der Waals surface area contributed by atoms with Gasteiger partial charge in [0.2, 0.25) is 5.91 Å². The second-order valence-corrected chi connectivity index (χ2v) is 4.80. The van der Waals surface area contributed by atoms with Crippen molar-refractivity contribution >= 4 is 17.7 Å². The molecule has 0 aliphatic heterocycles. The van der Waals surface area contributed by atoms with Gasteiger partial charge in [0.05, 0.1) is 5.54 Å². The van der Waals surface area contributed by atoms with Crippen LogP contribution in [0.3, 0.4) is 0 Å². The molecule has 4 heteroatoms. The van der Waals surface area contributed by atoms with Crippen LogP contribution in [0, 0.1) is 0 Å². The van der Waals surface area contributed by atoms with Crippen LogP contribution in [-0.2, 0) is 4.79 Å². The summed E-state index contributed by atoms with van der Waals surface area (Å²) in [6, 6.07) is 7.50. The molecule has 1 fully saturated rings. The maximum atomic E-state index is 12.1. The zero-order valence-electron chi connectivity index (χ0n) is 10.4. The van der Waals surface area contributed by atoms with Gasteiger partial charge >= 0.3 is 0 Å². The average Bonchev–Trinajstić information content (AvgIpc) is 2.80. The average molecular weight is 245 g/mol. The Kier molecular flexibility index (Phi) is 3.67. The molecule has 1 aliphatic rings. The zero-order chi connectivity index (χ0) is 13.0. The van der Waals surface area contributed by atoms with Crippen LogP contribution in [0.4, 0.5) is 5.69 Å².